The van der Waals surface area contributed by atoms with Crippen LogP contribution in [0.5, 0.6) is 0 Å². The summed E-state index contributed by atoms with van der Waals surface area (Å²) in [4.78, 5) is 12.3. The molecule has 0 amide bonds. The summed E-state index contributed by atoms with van der Waals surface area (Å²) in [5, 5.41) is 0. The van der Waals surface area contributed by atoms with E-state index in [0.717, 1.165) is 23.9 Å². The zero-order valence-corrected chi connectivity index (χ0v) is 10.5. The molecule has 0 fully saturated rings. The average Bonchev–Trinajstić information content (AvgIpc) is 2.36. The molecular weight excluding hydrogens is 273 g/mol. The number of hydrogen-bond acceptors (Lipinski definition) is 2. The monoisotopic (exact) mass is 282 g/mol. The molecular formula is C14H9F3OS. The third-order valence-electron chi connectivity index (χ3n) is 2.41. The summed E-state index contributed by atoms with van der Waals surface area (Å²) in [6.07, 6.45) is 0. The maximum Gasteiger partial charge on any atom is 0.178 e. The molecule has 19 heavy (non-hydrogen) atoms. The fraction of sp³-hybridized carbons (Fsp3) is 0.0714. The van der Waals surface area contributed by atoms with Crippen LogP contribution in [0.25, 0.3) is 0 Å². The highest BCUT2D eigenvalue weighted by molar-refractivity contribution is 8.00. The Kier molecular flexibility index (Phi) is 4.27. The summed E-state index contributed by atoms with van der Waals surface area (Å²) in [7, 11) is 0. The van der Waals surface area contributed by atoms with Crippen molar-refractivity contribution in [2.45, 2.75) is 4.90 Å². The van der Waals surface area contributed by atoms with E-state index in [1.807, 2.05) is 0 Å². The van der Waals surface area contributed by atoms with Gasteiger partial charge in [0.2, 0.25) is 0 Å². The number of carbonyl (C=O) groups excluding carboxylic acids is 1. The number of rotatable bonds is 4. The highest BCUT2D eigenvalue weighted by atomic mass is 32.2. The Bertz CT molecular complexity index is 593. The number of carbonyl (C=O) groups is 1. The number of Topliss-reactive ketones (excluding diaryl/α,β-unsaturated/α-hetero) is 1. The largest absolute Gasteiger partial charge is 0.293 e. The lowest BCUT2D eigenvalue weighted by molar-refractivity contribution is 0.101. The van der Waals surface area contributed by atoms with Gasteiger partial charge in [-0.1, -0.05) is 12.1 Å². The van der Waals surface area contributed by atoms with Crippen molar-refractivity contribution in [2.75, 3.05) is 5.75 Å². The highest BCUT2D eigenvalue weighted by Gasteiger charge is 2.16. The minimum Gasteiger partial charge on any atom is -0.293 e. The van der Waals surface area contributed by atoms with Crippen LogP contribution in [0.1, 0.15) is 10.4 Å². The number of halogens is 3. The minimum atomic E-state index is -0.884. The molecule has 5 heteroatoms. The van der Waals surface area contributed by atoms with Crippen LogP contribution in [-0.2, 0) is 0 Å². The van der Waals surface area contributed by atoms with Gasteiger partial charge < -0.3 is 0 Å². The zero-order chi connectivity index (χ0) is 13.8. The van der Waals surface area contributed by atoms with E-state index in [9.17, 15) is 18.0 Å². The van der Waals surface area contributed by atoms with Crippen LogP contribution in [0.15, 0.2) is 47.4 Å². The van der Waals surface area contributed by atoms with Gasteiger partial charge in [0.1, 0.15) is 17.5 Å². The van der Waals surface area contributed by atoms with Crippen molar-refractivity contribution in [3.05, 3.63) is 65.5 Å². The molecule has 0 unspecified atom stereocenters. The molecule has 1 nitrogen and oxygen atoms in total. The molecule has 0 spiro atoms. The Balaban J connectivity index is 2.10. The van der Waals surface area contributed by atoms with Crippen molar-refractivity contribution in [1.29, 1.82) is 0 Å². The minimum absolute atomic E-state index is 0.151. The van der Waals surface area contributed by atoms with Gasteiger partial charge >= 0.3 is 0 Å². The SMILES string of the molecule is O=C(CSc1cccc(F)c1)c1c(F)cccc1F. The van der Waals surface area contributed by atoms with Crippen molar-refractivity contribution in [3.63, 3.8) is 0 Å². The van der Waals surface area contributed by atoms with E-state index in [-0.39, 0.29) is 5.75 Å². The van der Waals surface area contributed by atoms with Crippen LogP contribution >= 0.6 is 11.8 Å². The first-order valence-corrected chi connectivity index (χ1v) is 6.42. The maximum atomic E-state index is 13.4. The molecule has 0 aliphatic heterocycles. The lowest BCUT2D eigenvalue weighted by atomic mass is 10.1. The summed E-state index contributed by atoms with van der Waals surface area (Å²) >= 11 is 1.03. The molecule has 0 radical (unpaired) electrons. The second-order valence-corrected chi connectivity index (χ2v) is 4.81. The van der Waals surface area contributed by atoms with Crippen molar-refractivity contribution >= 4 is 17.5 Å². The first kappa shape index (κ1) is 13.7. The van der Waals surface area contributed by atoms with E-state index in [1.165, 1.54) is 24.3 Å². The van der Waals surface area contributed by atoms with E-state index in [0.29, 0.717) is 4.90 Å². The molecule has 0 aliphatic carbocycles. The summed E-state index contributed by atoms with van der Waals surface area (Å²) in [6.45, 7) is 0. The van der Waals surface area contributed by atoms with Crippen molar-refractivity contribution < 1.29 is 18.0 Å². The topological polar surface area (TPSA) is 17.1 Å². The second kappa shape index (κ2) is 5.93. The Morgan fingerprint density at radius 3 is 2.26 bits per heavy atom. The van der Waals surface area contributed by atoms with Gasteiger partial charge in [0.05, 0.1) is 11.3 Å². The number of hydrogen-bond donors (Lipinski definition) is 0. The van der Waals surface area contributed by atoms with Crippen molar-refractivity contribution in [2.24, 2.45) is 0 Å². The number of ketones is 1. The molecule has 0 aromatic heterocycles. The third kappa shape index (κ3) is 3.38. The number of thioether (sulfide) groups is 1. The molecule has 0 heterocycles. The van der Waals surface area contributed by atoms with Gasteiger partial charge in [-0.15, -0.1) is 11.8 Å². The van der Waals surface area contributed by atoms with Crippen LogP contribution in [0, 0.1) is 17.5 Å². The standard InChI is InChI=1S/C14H9F3OS/c15-9-3-1-4-10(7-9)19-8-13(18)14-11(16)5-2-6-12(14)17/h1-7H,8H2. The van der Waals surface area contributed by atoms with Gasteiger partial charge in [-0.3, -0.25) is 4.79 Å². The maximum absolute atomic E-state index is 13.4. The zero-order valence-electron chi connectivity index (χ0n) is 9.70. The van der Waals surface area contributed by atoms with Gasteiger partial charge in [-0.25, -0.2) is 13.2 Å². The van der Waals surface area contributed by atoms with Crippen molar-refractivity contribution in [1.82, 2.24) is 0 Å². The fourth-order valence-corrected chi connectivity index (χ4v) is 2.35. The first-order valence-electron chi connectivity index (χ1n) is 5.43. The normalized spacial score (nSPS) is 10.5. The van der Waals surface area contributed by atoms with Gasteiger partial charge in [0, 0.05) is 4.90 Å². The Morgan fingerprint density at radius 2 is 1.63 bits per heavy atom. The highest BCUT2D eigenvalue weighted by Crippen LogP contribution is 2.21. The summed E-state index contributed by atoms with van der Waals surface area (Å²) < 4.78 is 39.6. The van der Waals surface area contributed by atoms with E-state index < -0.39 is 28.8 Å². The van der Waals surface area contributed by atoms with E-state index >= 15 is 0 Å². The molecule has 0 atom stereocenters. The molecule has 0 aliphatic rings. The van der Waals surface area contributed by atoms with Crippen LogP contribution < -0.4 is 0 Å². The van der Waals surface area contributed by atoms with Gasteiger partial charge in [0.25, 0.3) is 0 Å². The van der Waals surface area contributed by atoms with Crippen molar-refractivity contribution in [3.8, 4) is 0 Å². The van der Waals surface area contributed by atoms with E-state index in [4.69, 9.17) is 0 Å². The van der Waals surface area contributed by atoms with Crippen LogP contribution in [0.2, 0.25) is 0 Å². The number of benzene rings is 2. The van der Waals surface area contributed by atoms with Gasteiger partial charge in [-0.05, 0) is 30.3 Å². The van der Waals surface area contributed by atoms with Crippen LogP contribution in [-0.4, -0.2) is 11.5 Å². The molecule has 2 rings (SSSR count). The predicted octanol–water partition coefficient (Wildman–Crippen LogP) is 4.08. The molecule has 0 N–H and O–H groups in total. The molecule has 2 aromatic carbocycles. The van der Waals surface area contributed by atoms with E-state index in [2.05, 4.69) is 0 Å². The Labute approximate surface area is 112 Å². The summed E-state index contributed by atoms with van der Waals surface area (Å²) in [5.74, 6) is -3.00. The summed E-state index contributed by atoms with van der Waals surface area (Å²) in [6, 6.07) is 8.93. The lowest BCUT2D eigenvalue weighted by Gasteiger charge is -2.04. The second-order valence-electron chi connectivity index (χ2n) is 3.77. The lowest BCUT2D eigenvalue weighted by Crippen LogP contribution is -2.08. The van der Waals surface area contributed by atoms with Crippen LogP contribution in [0.4, 0.5) is 13.2 Å². The average molecular weight is 282 g/mol. The van der Waals surface area contributed by atoms with Gasteiger partial charge in [-0.2, -0.15) is 0 Å². The molecule has 0 saturated heterocycles. The summed E-state index contributed by atoms with van der Waals surface area (Å²) in [5.41, 5.74) is -0.550. The molecule has 0 bridgehead atoms. The molecule has 0 saturated carbocycles. The Hall–Kier alpha value is -1.75. The predicted molar refractivity (Wildman–Crippen MR) is 67.8 cm³/mol. The van der Waals surface area contributed by atoms with Crippen LogP contribution in [0.3, 0.4) is 0 Å². The fourth-order valence-electron chi connectivity index (χ4n) is 1.54. The van der Waals surface area contributed by atoms with Gasteiger partial charge in [0.15, 0.2) is 5.78 Å². The molecule has 2 aromatic rings. The quantitative estimate of drug-likeness (QED) is 0.621. The van der Waals surface area contributed by atoms with E-state index in [1.54, 1.807) is 6.07 Å². The Morgan fingerprint density at radius 1 is 1.00 bits per heavy atom. The third-order valence-corrected chi connectivity index (χ3v) is 3.40. The first-order chi connectivity index (χ1) is 9.08. The molecule has 98 valence electrons. The smallest absolute Gasteiger partial charge is 0.178 e.